The first-order chi connectivity index (χ1) is 11.0. The fraction of sp³-hybridized carbons (Fsp3) is 0.235. The van der Waals surface area contributed by atoms with Crippen molar-refractivity contribution in [1.82, 2.24) is 0 Å². The monoisotopic (exact) mass is 316 g/mol. The highest BCUT2D eigenvalue weighted by molar-refractivity contribution is 5.89. The second-order valence-corrected chi connectivity index (χ2v) is 5.17. The molecule has 2 aromatic heterocycles. The first kappa shape index (κ1) is 15.0. The molecule has 2 heterocycles. The zero-order chi connectivity index (χ0) is 16.7. The molecule has 6 nitrogen and oxygen atoms in total. The number of hydrogen-bond donors (Lipinski definition) is 1. The van der Waals surface area contributed by atoms with Gasteiger partial charge in [0.05, 0.1) is 25.2 Å². The number of aromatic hydroxyl groups is 1. The van der Waals surface area contributed by atoms with Crippen LogP contribution in [0.4, 0.5) is 0 Å². The van der Waals surface area contributed by atoms with Crippen LogP contribution in [0.2, 0.25) is 0 Å². The topological polar surface area (TPSA) is 82.0 Å². The van der Waals surface area contributed by atoms with Crippen LogP contribution < -0.4 is 15.1 Å². The molecule has 0 radical (unpaired) electrons. The third-order valence-electron chi connectivity index (χ3n) is 3.80. The Kier molecular flexibility index (Phi) is 3.52. The summed E-state index contributed by atoms with van der Waals surface area (Å²) in [5.74, 6) is 1.58. The van der Waals surface area contributed by atoms with Crippen molar-refractivity contribution in [2.45, 2.75) is 13.8 Å². The Morgan fingerprint density at radius 3 is 2.39 bits per heavy atom. The second-order valence-electron chi connectivity index (χ2n) is 5.17. The maximum atomic E-state index is 11.8. The van der Waals surface area contributed by atoms with Gasteiger partial charge in [0.2, 0.25) is 0 Å². The van der Waals surface area contributed by atoms with E-state index in [4.69, 9.17) is 18.3 Å². The minimum atomic E-state index is -0.604. The van der Waals surface area contributed by atoms with Crippen molar-refractivity contribution in [3.05, 3.63) is 39.7 Å². The van der Waals surface area contributed by atoms with E-state index in [0.29, 0.717) is 33.8 Å². The lowest BCUT2D eigenvalue weighted by atomic mass is 10.1. The first-order valence-corrected chi connectivity index (χ1v) is 6.95. The van der Waals surface area contributed by atoms with Crippen molar-refractivity contribution in [3.63, 3.8) is 0 Å². The van der Waals surface area contributed by atoms with Gasteiger partial charge in [-0.3, -0.25) is 0 Å². The van der Waals surface area contributed by atoms with Gasteiger partial charge in [0.1, 0.15) is 22.8 Å². The standard InChI is InChI=1S/C17H16O6/c1-8-15(18)9(2)17(19)23-16(8)14-7-11-12(21-4)5-10(20-3)6-13(11)22-14/h5-7,18H,1-4H3. The summed E-state index contributed by atoms with van der Waals surface area (Å²) in [5.41, 5.74) is 0.528. The van der Waals surface area contributed by atoms with E-state index in [-0.39, 0.29) is 17.1 Å². The van der Waals surface area contributed by atoms with E-state index < -0.39 is 5.63 Å². The summed E-state index contributed by atoms with van der Waals surface area (Å²) in [6, 6.07) is 5.15. The Labute approximate surface area is 131 Å². The van der Waals surface area contributed by atoms with E-state index in [1.165, 1.54) is 6.92 Å². The van der Waals surface area contributed by atoms with Crippen LogP contribution in [-0.2, 0) is 0 Å². The third kappa shape index (κ3) is 2.32. The number of hydrogen-bond acceptors (Lipinski definition) is 6. The molecule has 0 fully saturated rings. The van der Waals surface area contributed by atoms with E-state index in [1.807, 2.05) is 0 Å². The lowest BCUT2D eigenvalue weighted by molar-refractivity contribution is 0.397. The molecule has 120 valence electrons. The Hall–Kier alpha value is -2.89. The molecule has 23 heavy (non-hydrogen) atoms. The second kappa shape index (κ2) is 5.39. The van der Waals surface area contributed by atoms with Crippen LogP contribution in [-0.4, -0.2) is 19.3 Å². The molecule has 3 rings (SSSR count). The van der Waals surface area contributed by atoms with E-state index in [1.54, 1.807) is 39.3 Å². The van der Waals surface area contributed by atoms with Crippen molar-refractivity contribution in [2.75, 3.05) is 14.2 Å². The quantitative estimate of drug-likeness (QED) is 0.797. The molecule has 0 unspecified atom stereocenters. The summed E-state index contributed by atoms with van der Waals surface area (Å²) in [6.07, 6.45) is 0. The average molecular weight is 316 g/mol. The maximum Gasteiger partial charge on any atom is 0.343 e. The Bertz CT molecular complexity index is 948. The third-order valence-corrected chi connectivity index (χ3v) is 3.80. The summed E-state index contributed by atoms with van der Waals surface area (Å²) in [4.78, 5) is 11.8. The van der Waals surface area contributed by atoms with Gasteiger partial charge in [0, 0.05) is 17.7 Å². The SMILES string of the molecule is COc1cc(OC)c2cc(-c3oc(=O)c(C)c(O)c3C)oc2c1. The number of methoxy groups -OCH3 is 2. The molecule has 0 aliphatic rings. The first-order valence-electron chi connectivity index (χ1n) is 6.95. The van der Waals surface area contributed by atoms with Crippen LogP contribution in [0.15, 0.2) is 31.8 Å². The molecule has 0 spiro atoms. The maximum absolute atomic E-state index is 11.8. The van der Waals surface area contributed by atoms with Crippen LogP contribution in [0.1, 0.15) is 11.1 Å². The molecule has 0 atom stereocenters. The van der Waals surface area contributed by atoms with Crippen LogP contribution in [0.25, 0.3) is 22.5 Å². The van der Waals surface area contributed by atoms with Crippen LogP contribution >= 0.6 is 0 Å². The summed E-state index contributed by atoms with van der Waals surface area (Å²) >= 11 is 0. The highest BCUT2D eigenvalue weighted by Crippen LogP contribution is 2.38. The van der Waals surface area contributed by atoms with E-state index in [2.05, 4.69) is 0 Å². The van der Waals surface area contributed by atoms with Gasteiger partial charge in [-0.05, 0) is 19.9 Å². The molecule has 3 aromatic rings. The van der Waals surface area contributed by atoms with Gasteiger partial charge in [0.25, 0.3) is 0 Å². The number of benzene rings is 1. The molecule has 1 N–H and O–H groups in total. The molecule has 0 bridgehead atoms. The van der Waals surface area contributed by atoms with Crippen LogP contribution in [0.3, 0.4) is 0 Å². The minimum Gasteiger partial charge on any atom is -0.507 e. The molecular weight excluding hydrogens is 300 g/mol. The normalized spacial score (nSPS) is 11.0. The zero-order valence-corrected chi connectivity index (χ0v) is 13.2. The number of ether oxygens (including phenoxy) is 2. The lowest BCUT2D eigenvalue weighted by Crippen LogP contribution is -2.05. The fourth-order valence-corrected chi connectivity index (χ4v) is 2.45. The van der Waals surface area contributed by atoms with Gasteiger partial charge < -0.3 is 23.4 Å². The summed E-state index contributed by atoms with van der Waals surface area (Å²) in [7, 11) is 3.09. The van der Waals surface area contributed by atoms with Gasteiger partial charge >= 0.3 is 5.63 Å². The fourth-order valence-electron chi connectivity index (χ4n) is 2.45. The van der Waals surface area contributed by atoms with Crippen LogP contribution in [0, 0.1) is 13.8 Å². The molecular formula is C17H16O6. The summed E-state index contributed by atoms with van der Waals surface area (Å²) in [5, 5.41) is 10.8. The summed E-state index contributed by atoms with van der Waals surface area (Å²) < 4.78 is 21.6. The molecule has 6 heteroatoms. The highest BCUT2D eigenvalue weighted by Gasteiger charge is 2.19. The minimum absolute atomic E-state index is 0.0961. The molecule has 0 aliphatic heterocycles. The average Bonchev–Trinajstić information content (AvgIpc) is 2.98. The van der Waals surface area contributed by atoms with Crippen molar-refractivity contribution in [3.8, 4) is 28.8 Å². The predicted octanol–water partition coefficient (Wildman–Crippen LogP) is 3.39. The van der Waals surface area contributed by atoms with Gasteiger partial charge in [0.15, 0.2) is 11.5 Å². The number of furan rings is 1. The van der Waals surface area contributed by atoms with Crippen molar-refractivity contribution < 1.29 is 23.4 Å². The van der Waals surface area contributed by atoms with E-state index in [0.717, 1.165) is 0 Å². The number of fused-ring (bicyclic) bond motifs is 1. The molecule has 0 amide bonds. The van der Waals surface area contributed by atoms with Crippen molar-refractivity contribution in [1.29, 1.82) is 0 Å². The van der Waals surface area contributed by atoms with Gasteiger partial charge in [-0.1, -0.05) is 0 Å². The molecule has 0 saturated heterocycles. The van der Waals surface area contributed by atoms with Gasteiger partial charge in [-0.25, -0.2) is 4.79 Å². The predicted molar refractivity (Wildman–Crippen MR) is 84.4 cm³/mol. The summed E-state index contributed by atoms with van der Waals surface area (Å²) in [6.45, 7) is 3.16. The Morgan fingerprint density at radius 1 is 1.00 bits per heavy atom. The molecule has 0 aliphatic carbocycles. The molecule has 0 saturated carbocycles. The zero-order valence-electron chi connectivity index (χ0n) is 13.2. The lowest BCUT2D eigenvalue weighted by Gasteiger charge is -2.05. The van der Waals surface area contributed by atoms with E-state index >= 15 is 0 Å². The smallest absolute Gasteiger partial charge is 0.343 e. The Balaban J connectivity index is 2.28. The Morgan fingerprint density at radius 2 is 1.74 bits per heavy atom. The molecule has 1 aromatic carbocycles. The van der Waals surface area contributed by atoms with Gasteiger partial charge in [-0.2, -0.15) is 0 Å². The van der Waals surface area contributed by atoms with Crippen LogP contribution in [0.5, 0.6) is 17.2 Å². The highest BCUT2D eigenvalue weighted by atomic mass is 16.5. The van der Waals surface area contributed by atoms with Gasteiger partial charge in [-0.15, -0.1) is 0 Å². The van der Waals surface area contributed by atoms with E-state index in [9.17, 15) is 9.90 Å². The van der Waals surface area contributed by atoms with Crippen molar-refractivity contribution >= 4 is 11.0 Å². The largest absolute Gasteiger partial charge is 0.507 e. The number of rotatable bonds is 3. The van der Waals surface area contributed by atoms with Crippen molar-refractivity contribution in [2.24, 2.45) is 0 Å².